The summed E-state index contributed by atoms with van der Waals surface area (Å²) in [4.78, 5) is 26.4. The summed E-state index contributed by atoms with van der Waals surface area (Å²) in [6.45, 7) is 5.68. The molecule has 8 unspecified atom stereocenters. The van der Waals surface area contributed by atoms with Crippen LogP contribution in [0.5, 0.6) is 0 Å². The fourth-order valence-electron chi connectivity index (χ4n) is 8.55. The lowest BCUT2D eigenvalue weighted by Gasteiger charge is -2.41. The van der Waals surface area contributed by atoms with Crippen molar-refractivity contribution in [3.63, 3.8) is 0 Å². The molecule has 0 spiro atoms. The van der Waals surface area contributed by atoms with Crippen molar-refractivity contribution in [2.75, 3.05) is 13.2 Å². The monoisotopic (exact) mass is 1030 g/mol. The molecular weight excluding hydrogens is 919 g/mol. The van der Waals surface area contributed by atoms with Crippen LogP contribution in [0.15, 0.2) is 85.1 Å². The normalized spacial score (nSPS) is 20.0. The zero-order chi connectivity index (χ0) is 53.3. The van der Waals surface area contributed by atoms with Crippen molar-refractivity contribution in [1.29, 1.82) is 0 Å². The van der Waals surface area contributed by atoms with Crippen LogP contribution in [-0.2, 0) is 23.8 Å². The number of hydrogen-bond donors (Lipinski definition) is 6. The number of rotatable bonds is 48. The topological polar surface area (TPSA) is 175 Å². The van der Waals surface area contributed by atoms with Gasteiger partial charge in [0.25, 0.3) is 0 Å². The van der Waals surface area contributed by atoms with Crippen molar-refractivity contribution in [2.45, 2.75) is 282 Å². The molecule has 1 heterocycles. The summed E-state index contributed by atoms with van der Waals surface area (Å²) in [6, 6.07) is -1.04. The van der Waals surface area contributed by atoms with Crippen molar-refractivity contribution >= 4 is 11.9 Å². The summed E-state index contributed by atoms with van der Waals surface area (Å²) in [5.74, 6) is -1.27. The average Bonchev–Trinajstić information content (AvgIpc) is 3.39. The first kappa shape index (κ1) is 67.9. The van der Waals surface area contributed by atoms with Gasteiger partial charge in [0.2, 0.25) is 5.91 Å². The first-order valence-electron chi connectivity index (χ1n) is 29.4. The molecule has 0 saturated carbocycles. The Labute approximate surface area is 444 Å². The lowest BCUT2D eigenvalue weighted by molar-refractivity contribution is -0.305. The van der Waals surface area contributed by atoms with E-state index in [0.29, 0.717) is 19.3 Å². The van der Waals surface area contributed by atoms with Crippen LogP contribution in [0, 0.1) is 0 Å². The molecule has 0 aromatic heterocycles. The van der Waals surface area contributed by atoms with Crippen LogP contribution < -0.4 is 5.32 Å². The van der Waals surface area contributed by atoms with E-state index in [-0.39, 0.29) is 19.4 Å². The molecule has 0 aromatic carbocycles. The van der Waals surface area contributed by atoms with Crippen LogP contribution in [-0.4, -0.2) is 99.6 Å². The number of carbonyl (C=O) groups is 2. The van der Waals surface area contributed by atoms with E-state index < -0.39 is 67.4 Å². The minimum Gasteiger partial charge on any atom is -0.454 e. The zero-order valence-electron chi connectivity index (χ0n) is 46.2. The van der Waals surface area contributed by atoms with Gasteiger partial charge in [-0.05, 0) is 96.3 Å². The largest absolute Gasteiger partial charge is 0.454 e. The molecule has 11 nitrogen and oxygen atoms in total. The fourth-order valence-corrected chi connectivity index (χ4v) is 8.55. The highest BCUT2D eigenvalue weighted by Crippen LogP contribution is 2.26. The van der Waals surface area contributed by atoms with Crippen LogP contribution >= 0.6 is 0 Å². The second kappa shape index (κ2) is 49.7. The van der Waals surface area contributed by atoms with Crippen molar-refractivity contribution in [1.82, 2.24) is 5.32 Å². The number of amides is 1. The highest BCUT2D eigenvalue weighted by Gasteiger charge is 2.47. The summed E-state index contributed by atoms with van der Waals surface area (Å²) in [5.41, 5.74) is 0. The minimum atomic E-state index is -1.64. The molecule has 1 rings (SSSR count). The summed E-state index contributed by atoms with van der Waals surface area (Å²) < 4.78 is 17.5. The van der Waals surface area contributed by atoms with Gasteiger partial charge in [-0.3, -0.25) is 9.59 Å². The third kappa shape index (κ3) is 38.1. The van der Waals surface area contributed by atoms with Crippen molar-refractivity contribution < 1.29 is 49.3 Å². The Balaban J connectivity index is 2.75. The summed E-state index contributed by atoms with van der Waals surface area (Å²) in [7, 11) is 0. The van der Waals surface area contributed by atoms with Crippen LogP contribution in [0.25, 0.3) is 0 Å². The zero-order valence-corrected chi connectivity index (χ0v) is 46.2. The van der Waals surface area contributed by atoms with Crippen LogP contribution in [0.2, 0.25) is 0 Å². The van der Waals surface area contributed by atoms with Gasteiger partial charge in [0, 0.05) is 6.42 Å². The van der Waals surface area contributed by atoms with E-state index in [1.165, 1.54) is 83.5 Å². The van der Waals surface area contributed by atoms with Gasteiger partial charge in [-0.2, -0.15) is 0 Å². The molecule has 0 radical (unpaired) electrons. The van der Waals surface area contributed by atoms with Crippen molar-refractivity contribution in [2.24, 2.45) is 0 Å². The molecule has 1 aliphatic heterocycles. The average molecular weight is 1030 g/mol. The van der Waals surface area contributed by atoms with Gasteiger partial charge >= 0.3 is 5.97 Å². The Morgan fingerprint density at radius 2 is 0.945 bits per heavy atom. The molecule has 73 heavy (non-hydrogen) atoms. The van der Waals surface area contributed by atoms with Crippen LogP contribution in [0.3, 0.4) is 0 Å². The second-order valence-corrected chi connectivity index (χ2v) is 20.0. The molecule has 0 aromatic rings. The first-order valence-corrected chi connectivity index (χ1v) is 29.4. The third-order valence-electron chi connectivity index (χ3n) is 13.3. The molecule has 0 bridgehead atoms. The number of nitrogens with one attached hydrogen (secondary N) is 1. The van der Waals surface area contributed by atoms with Gasteiger partial charge < -0.3 is 45.1 Å². The number of esters is 1. The molecule has 8 atom stereocenters. The van der Waals surface area contributed by atoms with E-state index in [4.69, 9.17) is 14.2 Å². The van der Waals surface area contributed by atoms with E-state index >= 15 is 0 Å². The summed E-state index contributed by atoms with van der Waals surface area (Å²) in [6.07, 6.45) is 53.4. The smallest absolute Gasteiger partial charge is 0.306 e. The van der Waals surface area contributed by atoms with Gasteiger partial charge in [0.1, 0.15) is 24.4 Å². The Morgan fingerprint density at radius 1 is 0.534 bits per heavy atom. The summed E-state index contributed by atoms with van der Waals surface area (Å²) in [5, 5.41) is 56.8. The van der Waals surface area contributed by atoms with Gasteiger partial charge in [-0.1, -0.05) is 215 Å². The van der Waals surface area contributed by atoms with E-state index in [0.717, 1.165) is 96.3 Å². The number of aliphatic hydroxyl groups excluding tert-OH is 5. The van der Waals surface area contributed by atoms with Crippen molar-refractivity contribution in [3.8, 4) is 0 Å². The van der Waals surface area contributed by atoms with E-state index in [1.54, 1.807) is 6.08 Å². The molecule has 1 amide bonds. The quantitative estimate of drug-likeness (QED) is 0.0195. The molecule has 0 aliphatic carbocycles. The number of ether oxygens (including phenoxy) is 3. The number of allylic oxidation sites excluding steroid dienone is 13. The maximum atomic E-state index is 13.4. The first-order chi connectivity index (χ1) is 35.7. The maximum absolute atomic E-state index is 13.4. The molecule has 1 fully saturated rings. The van der Waals surface area contributed by atoms with Gasteiger partial charge in [-0.15, -0.1) is 0 Å². The van der Waals surface area contributed by atoms with E-state index in [2.05, 4.69) is 86.8 Å². The predicted octanol–water partition coefficient (Wildman–Crippen LogP) is 13.4. The molecule has 11 heteroatoms. The molecule has 420 valence electrons. The lowest BCUT2D eigenvalue weighted by atomic mass is 9.99. The predicted molar refractivity (Wildman–Crippen MR) is 301 cm³/mol. The molecule has 6 N–H and O–H groups in total. The highest BCUT2D eigenvalue weighted by atomic mass is 16.7. The Morgan fingerprint density at radius 3 is 1.44 bits per heavy atom. The molecular formula is C62H107NO10. The second-order valence-electron chi connectivity index (χ2n) is 20.0. The Kier molecular flexibility index (Phi) is 46.2. The van der Waals surface area contributed by atoms with Gasteiger partial charge in [-0.25, -0.2) is 0 Å². The number of unbranched alkanes of at least 4 members (excludes halogenated alkanes) is 22. The number of aliphatic hydroxyl groups is 5. The van der Waals surface area contributed by atoms with E-state index in [1.807, 2.05) is 18.2 Å². The van der Waals surface area contributed by atoms with Crippen LogP contribution in [0.1, 0.15) is 233 Å². The third-order valence-corrected chi connectivity index (χ3v) is 13.3. The van der Waals surface area contributed by atoms with Gasteiger partial charge in [0.15, 0.2) is 12.4 Å². The summed E-state index contributed by atoms with van der Waals surface area (Å²) >= 11 is 0. The van der Waals surface area contributed by atoms with E-state index in [9.17, 15) is 35.1 Å². The van der Waals surface area contributed by atoms with Crippen LogP contribution in [0.4, 0.5) is 0 Å². The molecule has 1 saturated heterocycles. The maximum Gasteiger partial charge on any atom is 0.306 e. The molecule has 1 aliphatic rings. The Hall–Kier alpha value is -3.16. The van der Waals surface area contributed by atoms with Gasteiger partial charge in [0.05, 0.1) is 25.4 Å². The Bertz CT molecular complexity index is 1510. The highest BCUT2D eigenvalue weighted by molar-refractivity contribution is 5.80. The standard InChI is InChI=1S/C62H107NO10/c1-4-7-10-13-16-19-22-24-26-28-30-32-35-38-41-44-47-50-57(67)73-60-59(69)58(68)56(51-64)72-62(60)71-52-53(54(65)48-45-42-39-36-33-21-18-15-12-9-6-3)63-61(70)55(66)49-46-43-40-37-34-31-29-27-25-23-20-17-14-11-8-5-2/h16-17,19-20,24-27,30,32,38,41,45,48,53-56,58-60,62,64-66,68-69H,4-15,18,21-23,28-29,31,33-37,39-40,42-44,46-47,49-52H2,1-3H3,(H,63,70)/b19-16-,20-17-,26-24-,27-25-,32-30-,41-38-,48-45+. The number of carbonyl (C=O) groups excluding carboxylic acids is 2. The SMILES string of the molecule is CCCCC/C=C\C/C=C\C/C=C\C/C=C\CCCC(=O)OC1C(OCC(NC(=O)C(O)CCCCCCCC/C=C\C/C=C\CCCCC)C(O)/C=C/CCCCCCCCCCC)OC(CO)C(O)C1O. The fraction of sp³-hybridized carbons (Fsp3) is 0.742. The minimum absolute atomic E-state index is 0.0433. The number of hydrogen-bond acceptors (Lipinski definition) is 10. The lowest BCUT2D eigenvalue weighted by Crippen LogP contribution is -2.61. The van der Waals surface area contributed by atoms with Crippen molar-refractivity contribution in [3.05, 3.63) is 85.1 Å².